The lowest BCUT2D eigenvalue weighted by molar-refractivity contribution is -0.139. The third kappa shape index (κ3) is 3.92. The van der Waals surface area contributed by atoms with Crippen LogP contribution in [0.15, 0.2) is 60.7 Å². The third-order valence-electron chi connectivity index (χ3n) is 7.25. The first-order valence-electron chi connectivity index (χ1n) is 11.4. The van der Waals surface area contributed by atoms with Crippen molar-refractivity contribution in [2.24, 2.45) is 11.8 Å². The summed E-state index contributed by atoms with van der Waals surface area (Å²) >= 11 is 0. The van der Waals surface area contributed by atoms with Crippen LogP contribution in [0, 0.1) is 17.7 Å². The molecule has 1 aliphatic heterocycles. The van der Waals surface area contributed by atoms with E-state index < -0.39 is 0 Å². The van der Waals surface area contributed by atoms with Gasteiger partial charge in [-0.25, -0.2) is 9.40 Å². The maximum Gasteiger partial charge on any atom is 0.251 e. The van der Waals surface area contributed by atoms with Crippen LogP contribution < -0.4 is 15.8 Å². The molecule has 0 spiro atoms. The lowest BCUT2D eigenvalue weighted by Gasteiger charge is -2.42. The van der Waals surface area contributed by atoms with Gasteiger partial charge in [0.1, 0.15) is 5.82 Å². The van der Waals surface area contributed by atoms with Crippen molar-refractivity contribution >= 4 is 23.4 Å². The van der Waals surface area contributed by atoms with E-state index >= 15 is 0 Å². The van der Waals surface area contributed by atoms with Crippen molar-refractivity contribution in [2.75, 3.05) is 11.6 Å². The average Bonchev–Trinajstić information content (AvgIpc) is 2.81. The highest BCUT2D eigenvalue weighted by atomic mass is 19.1. The molecule has 2 fully saturated rings. The summed E-state index contributed by atoms with van der Waals surface area (Å²) in [5, 5.41) is 4.29. The topological polar surface area (TPSA) is 78.5 Å². The number of anilines is 1. The van der Waals surface area contributed by atoms with E-state index in [0.29, 0.717) is 30.6 Å². The smallest absolute Gasteiger partial charge is 0.251 e. The highest BCUT2D eigenvalue weighted by molar-refractivity contribution is 6.05. The Morgan fingerprint density at radius 1 is 1.06 bits per heavy atom. The van der Waals surface area contributed by atoms with Gasteiger partial charge in [0.25, 0.3) is 5.91 Å². The number of hydrogen-bond donors (Lipinski definition) is 2. The van der Waals surface area contributed by atoms with Crippen molar-refractivity contribution in [3.05, 3.63) is 77.6 Å². The Hall–Kier alpha value is -3.48. The molecular formula is C26H26FN3O3. The average molecular weight is 448 g/mol. The molecule has 2 atom stereocenters. The summed E-state index contributed by atoms with van der Waals surface area (Å²) in [6.45, 7) is 0.456. The zero-order valence-electron chi connectivity index (χ0n) is 18.2. The number of halogens is 1. The summed E-state index contributed by atoms with van der Waals surface area (Å²) in [7, 11) is 0. The number of benzene rings is 2. The quantitative estimate of drug-likeness (QED) is 0.687. The fourth-order valence-electron chi connectivity index (χ4n) is 5.09. The highest BCUT2D eigenvalue weighted by Gasteiger charge is 2.42. The van der Waals surface area contributed by atoms with Crippen LogP contribution in [0.4, 0.5) is 10.1 Å². The van der Waals surface area contributed by atoms with Gasteiger partial charge < -0.3 is 5.32 Å². The van der Waals surface area contributed by atoms with Crippen LogP contribution in [-0.2, 0) is 15.0 Å². The van der Waals surface area contributed by atoms with Crippen LogP contribution in [0.25, 0.3) is 0 Å². The Balaban J connectivity index is 1.30. The van der Waals surface area contributed by atoms with Gasteiger partial charge in [0.2, 0.25) is 11.8 Å². The van der Waals surface area contributed by atoms with E-state index in [0.717, 1.165) is 24.8 Å². The van der Waals surface area contributed by atoms with Crippen LogP contribution in [-0.4, -0.2) is 24.3 Å². The molecule has 6 nitrogen and oxygen atoms in total. The lowest BCUT2D eigenvalue weighted by atomic mass is 9.64. The minimum absolute atomic E-state index is 0.161. The van der Waals surface area contributed by atoms with Crippen molar-refractivity contribution in [2.45, 2.75) is 37.5 Å². The van der Waals surface area contributed by atoms with Gasteiger partial charge >= 0.3 is 0 Å². The van der Waals surface area contributed by atoms with Crippen LogP contribution in [0.1, 0.15) is 48.0 Å². The van der Waals surface area contributed by atoms with Gasteiger partial charge in [-0.1, -0.05) is 36.8 Å². The molecule has 0 bridgehead atoms. The summed E-state index contributed by atoms with van der Waals surface area (Å²) in [6.07, 6.45) is 7.92. The molecular weight excluding hydrogens is 421 g/mol. The molecule has 2 aromatic carbocycles. The second kappa shape index (κ2) is 8.46. The first-order chi connectivity index (χ1) is 16.0. The highest BCUT2D eigenvalue weighted by Crippen LogP contribution is 2.43. The number of rotatable bonds is 5. The molecule has 3 aliphatic rings. The van der Waals surface area contributed by atoms with Gasteiger partial charge in [0.05, 0.1) is 17.5 Å². The van der Waals surface area contributed by atoms with Crippen molar-refractivity contribution in [3.63, 3.8) is 0 Å². The zero-order chi connectivity index (χ0) is 23.0. The molecule has 2 aromatic rings. The van der Waals surface area contributed by atoms with Crippen molar-refractivity contribution in [3.8, 4) is 0 Å². The van der Waals surface area contributed by atoms with Crippen LogP contribution in [0.2, 0.25) is 0 Å². The Bertz CT molecular complexity index is 1120. The van der Waals surface area contributed by atoms with Gasteiger partial charge in [-0.2, -0.15) is 0 Å². The lowest BCUT2D eigenvalue weighted by Crippen LogP contribution is -2.59. The molecule has 0 radical (unpaired) electrons. The van der Waals surface area contributed by atoms with Crippen molar-refractivity contribution in [1.29, 1.82) is 0 Å². The standard InChI is InChI=1S/C26H26FN3O3/c27-19-11-9-18(10-12-19)26(13-4-14-26)16-28-23(31)17-5-3-6-20(15-17)30-25(33)22-8-2-1-7-21(22)24(32)29-30/h1-3,5-6,9-12,15,21-22H,4,7-8,13-14,16H2,(H,28,31)(H,29,32). The fourth-order valence-corrected chi connectivity index (χ4v) is 5.09. The molecule has 1 saturated carbocycles. The summed E-state index contributed by atoms with van der Waals surface area (Å²) in [6, 6.07) is 13.2. The number of amides is 3. The zero-order valence-corrected chi connectivity index (χ0v) is 18.2. The van der Waals surface area contributed by atoms with Crippen LogP contribution in [0.3, 0.4) is 0 Å². The Morgan fingerprint density at radius 2 is 1.79 bits per heavy atom. The van der Waals surface area contributed by atoms with E-state index in [4.69, 9.17) is 0 Å². The molecule has 2 N–H and O–H groups in total. The molecule has 170 valence electrons. The Kier molecular flexibility index (Phi) is 5.48. The van der Waals surface area contributed by atoms with Crippen LogP contribution in [0.5, 0.6) is 0 Å². The van der Waals surface area contributed by atoms with Gasteiger partial charge in [0.15, 0.2) is 0 Å². The van der Waals surface area contributed by atoms with Gasteiger partial charge in [0, 0.05) is 17.5 Å². The second-order valence-electron chi connectivity index (χ2n) is 9.18. The Labute approximate surface area is 191 Å². The summed E-state index contributed by atoms with van der Waals surface area (Å²) < 4.78 is 13.3. The molecule has 7 heteroatoms. The Morgan fingerprint density at radius 3 is 2.48 bits per heavy atom. The summed E-state index contributed by atoms with van der Waals surface area (Å²) in [5.41, 5.74) is 4.42. The molecule has 33 heavy (non-hydrogen) atoms. The number of hydrazine groups is 1. The molecule has 2 aliphatic carbocycles. The maximum atomic E-state index is 13.3. The normalized spacial score (nSPS) is 23.4. The monoisotopic (exact) mass is 447 g/mol. The van der Waals surface area contributed by atoms with Crippen molar-refractivity contribution in [1.82, 2.24) is 10.7 Å². The predicted molar refractivity (Wildman–Crippen MR) is 122 cm³/mol. The molecule has 5 rings (SSSR count). The largest absolute Gasteiger partial charge is 0.351 e. The predicted octanol–water partition coefficient (Wildman–Crippen LogP) is 3.64. The number of nitrogens with one attached hydrogen (secondary N) is 2. The van der Waals surface area contributed by atoms with E-state index in [1.165, 1.54) is 17.1 Å². The van der Waals surface area contributed by atoms with Gasteiger partial charge in [-0.15, -0.1) is 0 Å². The maximum absolute atomic E-state index is 13.3. The van der Waals surface area contributed by atoms with E-state index in [9.17, 15) is 18.8 Å². The minimum Gasteiger partial charge on any atom is -0.351 e. The number of hydrogen-bond acceptors (Lipinski definition) is 3. The minimum atomic E-state index is -0.379. The van der Waals surface area contributed by atoms with Crippen molar-refractivity contribution < 1.29 is 18.8 Å². The van der Waals surface area contributed by atoms with E-state index in [2.05, 4.69) is 10.7 Å². The molecule has 1 heterocycles. The third-order valence-corrected chi connectivity index (χ3v) is 7.25. The molecule has 1 saturated heterocycles. The first-order valence-corrected chi connectivity index (χ1v) is 11.4. The SMILES string of the molecule is O=C(NCC1(c2ccc(F)cc2)CCC1)c1cccc(N2NC(=O)C3CC=CCC3C2=O)c1. The first kappa shape index (κ1) is 21.4. The molecule has 0 aromatic heterocycles. The van der Waals surface area contributed by atoms with Gasteiger partial charge in [-0.05, 0) is 61.6 Å². The second-order valence-corrected chi connectivity index (χ2v) is 9.18. The molecule has 2 unspecified atom stereocenters. The summed E-state index contributed by atoms with van der Waals surface area (Å²) in [4.78, 5) is 38.5. The van der Waals surface area contributed by atoms with E-state index in [1.54, 1.807) is 36.4 Å². The van der Waals surface area contributed by atoms with Gasteiger partial charge in [-0.3, -0.25) is 19.8 Å². The van der Waals surface area contributed by atoms with E-state index in [1.807, 2.05) is 12.2 Å². The fraction of sp³-hybridized carbons (Fsp3) is 0.346. The number of allylic oxidation sites excluding steroid dienone is 2. The number of nitrogens with zero attached hydrogens (tertiary/aromatic N) is 1. The number of carbonyl (C=O) groups is 3. The summed E-state index contributed by atoms with van der Waals surface area (Å²) in [5.74, 6) is -1.58. The number of fused-ring (bicyclic) bond motifs is 1. The molecule has 3 amide bonds. The number of carbonyl (C=O) groups excluding carboxylic acids is 3. The van der Waals surface area contributed by atoms with Crippen LogP contribution >= 0.6 is 0 Å². The van der Waals surface area contributed by atoms with E-state index in [-0.39, 0.29) is 40.8 Å².